The van der Waals surface area contributed by atoms with Crippen molar-refractivity contribution in [1.29, 1.82) is 0 Å². The lowest BCUT2D eigenvalue weighted by atomic mass is 10.0. The molecule has 0 saturated heterocycles. The molecule has 0 unspecified atom stereocenters. The first-order chi connectivity index (χ1) is 12.6. The minimum absolute atomic E-state index is 0.239. The van der Waals surface area contributed by atoms with Crippen molar-refractivity contribution < 1.29 is 15.0 Å². The number of nitrogens with zero attached hydrogens (tertiary/aromatic N) is 1. The molecule has 0 aliphatic heterocycles. The molecule has 3 aromatic carbocycles. The minimum atomic E-state index is -0.921. The molecular weight excluding hydrogens is 326 g/mol. The number of aromatic nitrogens is 1. The second-order valence-corrected chi connectivity index (χ2v) is 6.27. The van der Waals surface area contributed by atoms with Gasteiger partial charge in [0, 0.05) is 18.3 Å². The zero-order valence-electron chi connectivity index (χ0n) is 14.0. The van der Waals surface area contributed by atoms with E-state index in [9.17, 15) is 9.90 Å². The number of fused-ring (bicyclic) bond motifs is 1. The number of rotatable bonds is 4. The molecule has 0 atom stereocenters. The van der Waals surface area contributed by atoms with Crippen LogP contribution in [-0.2, 0) is 6.54 Å². The fourth-order valence-corrected chi connectivity index (χ4v) is 3.19. The second-order valence-electron chi connectivity index (χ2n) is 6.27. The van der Waals surface area contributed by atoms with Crippen LogP contribution in [-0.4, -0.2) is 20.7 Å². The fraction of sp³-hybridized carbons (Fsp3) is 0.0455. The summed E-state index contributed by atoms with van der Waals surface area (Å²) in [4.78, 5) is 11.2. The Labute approximate surface area is 150 Å². The zero-order chi connectivity index (χ0) is 18.1. The summed E-state index contributed by atoms with van der Waals surface area (Å²) >= 11 is 0. The van der Waals surface area contributed by atoms with Crippen molar-refractivity contribution in [1.82, 2.24) is 4.57 Å². The number of carbonyl (C=O) groups is 1. The van der Waals surface area contributed by atoms with E-state index in [4.69, 9.17) is 5.11 Å². The van der Waals surface area contributed by atoms with Crippen molar-refractivity contribution in [2.45, 2.75) is 6.54 Å². The van der Waals surface area contributed by atoms with E-state index >= 15 is 0 Å². The maximum atomic E-state index is 11.2. The molecule has 0 aliphatic rings. The number of hydrogen-bond donors (Lipinski definition) is 2. The van der Waals surface area contributed by atoms with Gasteiger partial charge in [-0.15, -0.1) is 0 Å². The summed E-state index contributed by atoms with van der Waals surface area (Å²) in [6.07, 6.45) is 2.00. The molecule has 26 heavy (non-hydrogen) atoms. The summed E-state index contributed by atoms with van der Waals surface area (Å²) in [6.45, 7) is 0.591. The van der Waals surface area contributed by atoms with Gasteiger partial charge in [-0.25, -0.2) is 4.79 Å². The van der Waals surface area contributed by atoms with Crippen LogP contribution >= 0.6 is 0 Å². The van der Waals surface area contributed by atoms with Crippen LogP contribution in [0.5, 0.6) is 5.75 Å². The maximum absolute atomic E-state index is 11.2. The van der Waals surface area contributed by atoms with Gasteiger partial charge < -0.3 is 14.8 Å². The number of hydrogen-bond acceptors (Lipinski definition) is 2. The standard InChI is InChI=1S/C22H17NO3/c24-20-6-2-4-17(12-20)18-8-7-16-9-10-23(21(16)13-18)14-15-3-1-5-19(11-15)22(25)26/h1-13,24H,14H2,(H,25,26). The van der Waals surface area contributed by atoms with Crippen molar-refractivity contribution in [3.05, 3.63) is 90.1 Å². The molecule has 128 valence electrons. The van der Waals surface area contributed by atoms with E-state index in [1.165, 1.54) is 0 Å². The predicted molar refractivity (Wildman–Crippen MR) is 102 cm³/mol. The van der Waals surface area contributed by atoms with Crippen molar-refractivity contribution in [2.24, 2.45) is 0 Å². The Hall–Kier alpha value is -3.53. The lowest BCUT2D eigenvalue weighted by molar-refractivity contribution is 0.0696. The third kappa shape index (κ3) is 3.05. The molecule has 4 aromatic rings. The topological polar surface area (TPSA) is 62.5 Å². The maximum Gasteiger partial charge on any atom is 0.335 e. The third-order valence-corrected chi connectivity index (χ3v) is 4.48. The highest BCUT2D eigenvalue weighted by Gasteiger charge is 2.07. The Morgan fingerprint density at radius 1 is 0.885 bits per heavy atom. The van der Waals surface area contributed by atoms with Crippen LogP contribution in [0.2, 0.25) is 0 Å². The Morgan fingerprint density at radius 3 is 2.50 bits per heavy atom. The summed E-state index contributed by atoms with van der Waals surface area (Å²) in [6, 6.07) is 22.4. The molecule has 0 bridgehead atoms. The first-order valence-electron chi connectivity index (χ1n) is 8.31. The molecule has 0 amide bonds. The fourth-order valence-electron chi connectivity index (χ4n) is 3.19. The number of carboxylic acids is 1. The first-order valence-corrected chi connectivity index (χ1v) is 8.31. The lowest BCUT2D eigenvalue weighted by Crippen LogP contribution is -2.01. The van der Waals surface area contributed by atoms with Gasteiger partial charge in [0.05, 0.1) is 5.56 Å². The summed E-state index contributed by atoms with van der Waals surface area (Å²) in [5.41, 5.74) is 4.26. The van der Waals surface area contributed by atoms with Crippen LogP contribution in [0.4, 0.5) is 0 Å². The van der Waals surface area contributed by atoms with Gasteiger partial charge in [-0.2, -0.15) is 0 Å². The molecule has 4 nitrogen and oxygen atoms in total. The van der Waals surface area contributed by atoms with Crippen molar-refractivity contribution >= 4 is 16.9 Å². The van der Waals surface area contributed by atoms with Crippen LogP contribution in [0.3, 0.4) is 0 Å². The largest absolute Gasteiger partial charge is 0.508 e. The normalized spacial score (nSPS) is 10.9. The molecule has 0 aliphatic carbocycles. The molecule has 4 heteroatoms. The van der Waals surface area contributed by atoms with E-state index in [2.05, 4.69) is 16.7 Å². The van der Waals surface area contributed by atoms with Crippen molar-refractivity contribution in [2.75, 3.05) is 0 Å². The van der Waals surface area contributed by atoms with Crippen LogP contribution in [0.1, 0.15) is 15.9 Å². The zero-order valence-corrected chi connectivity index (χ0v) is 14.0. The van der Waals surface area contributed by atoms with E-state index in [1.54, 1.807) is 30.3 Å². The number of aromatic carboxylic acids is 1. The Balaban J connectivity index is 1.73. The van der Waals surface area contributed by atoms with Gasteiger partial charge in [0.25, 0.3) is 0 Å². The van der Waals surface area contributed by atoms with Gasteiger partial charge in [0.1, 0.15) is 5.75 Å². The monoisotopic (exact) mass is 343 g/mol. The Morgan fingerprint density at radius 2 is 1.69 bits per heavy atom. The molecular formula is C22H17NO3. The van der Waals surface area contributed by atoms with Crippen LogP contribution in [0.25, 0.3) is 22.0 Å². The molecule has 2 N–H and O–H groups in total. The van der Waals surface area contributed by atoms with Gasteiger partial charge in [-0.3, -0.25) is 0 Å². The summed E-state index contributed by atoms with van der Waals surface area (Å²) in [5.74, 6) is -0.682. The molecule has 0 spiro atoms. The van der Waals surface area contributed by atoms with E-state index in [1.807, 2.05) is 36.5 Å². The molecule has 4 rings (SSSR count). The average molecular weight is 343 g/mol. The minimum Gasteiger partial charge on any atom is -0.508 e. The van der Waals surface area contributed by atoms with E-state index in [-0.39, 0.29) is 5.75 Å². The smallest absolute Gasteiger partial charge is 0.335 e. The molecule has 0 saturated carbocycles. The highest BCUT2D eigenvalue weighted by atomic mass is 16.4. The summed E-state index contributed by atoms with van der Waals surface area (Å²) in [5, 5.41) is 20.0. The molecule has 1 heterocycles. The van der Waals surface area contributed by atoms with E-state index in [0.717, 1.165) is 27.6 Å². The van der Waals surface area contributed by atoms with E-state index < -0.39 is 5.97 Å². The van der Waals surface area contributed by atoms with Crippen LogP contribution < -0.4 is 0 Å². The predicted octanol–water partition coefficient (Wildman–Crippen LogP) is 4.76. The number of benzene rings is 3. The van der Waals surface area contributed by atoms with Gasteiger partial charge in [0.15, 0.2) is 0 Å². The SMILES string of the molecule is O=C(O)c1cccc(Cn2ccc3ccc(-c4cccc(O)c4)cc32)c1. The van der Waals surface area contributed by atoms with Gasteiger partial charge in [0.2, 0.25) is 0 Å². The third-order valence-electron chi connectivity index (χ3n) is 4.48. The number of aromatic hydroxyl groups is 1. The highest BCUT2D eigenvalue weighted by molar-refractivity contribution is 5.88. The van der Waals surface area contributed by atoms with Crippen molar-refractivity contribution in [3.8, 4) is 16.9 Å². The lowest BCUT2D eigenvalue weighted by Gasteiger charge is -2.09. The average Bonchev–Trinajstić information content (AvgIpc) is 3.04. The molecule has 0 radical (unpaired) electrons. The molecule has 0 fully saturated rings. The first kappa shape index (κ1) is 16.0. The summed E-state index contributed by atoms with van der Waals surface area (Å²) in [7, 11) is 0. The van der Waals surface area contributed by atoms with Gasteiger partial charge in [-0.1, -0.05) is 36.4 Å². The number of carboxylic acid groups (broad SMARTS) is 1. The quantitative estimate of drug-likeness (QED) is 0.561. The van der Waals surface area contributed by atoms with Gasteiger partial charge >= 0.3 is 5.97 Å². The van der Waals surface area contributed by atoms with E-state index in [0.29, 0.717) is 12.1 Å². The van der Waals surface area contributed by atoms with Crippen LogP contribution in [0, 0.1) is 0 Å². The molecule has 1 aromatic heterocycles. The van der Waals surface area contributed by atoms with Crippen LogP contribution in [0.15, 0.2) is 79.0 Å². The summed E-state index contributed by atoms with van der Waals surface area (Å²) < 4.78 is 2.10. The van der Waals surface area contributed by atoms with Gasteiger partial charge in [-0.05, 0) is 58.5 Å². The van der Waals surface area contributed by atoms with Crippen molar-refractivity contribution in [3.63, 3.8) is 0 Å². The number of phenols is 1. The second kappa shape index (κ2) is 6.41. The Bertz CT molecular complexity index is 1110. The highest BCUT2D eigenvalue weighted by Crippen LogP contribution is 2.27. The number of phenolic OH excluding ortho intramolecular Hbond substituents is 1. The Kier molecular flexibility index (Phi) is 3.93.